The van der Waals surface area contributed by atoms with Crippen LogP contribution in [0.1, 0.15) is 15.9 Å². The molecular formula is C26H19FN2O4. The van der Waals surface area contributed by atoms with Crippen LogP contribution in [-0.2, 0) is 20.7 Å². The highest BCUT2D eigenvalue weighted by Crippen LogP contribution is 2.25. The van der Waals surface area contributed by atoms with Crippen molar-refractivity contribution >= 4 is 28.7 Å². The Balaban J connectivity index is 1.47. The standard InChI is InChI=1S/C26H19FN2O4/c27-19-12-10-18(11-13-19)23-15-21(20-8-4-5-9-22(20)28-23)26(32)33-16-25(31)29-24(30)14-17-6-2-1-3-7-17/h1-13,15H,14,16H2,(H,29,30,31). The van der Waals surface area contributed by atoms with Crippen LogP contribution in [0.25, 0.3) is 22.2 Å². The normalized spacial score (nSPS) is 10.6. The zero-order chi connectivity index (χ0) is 23.2. The number of benzene rings is 3. The predicted molar refractivity (Wildman–Crippen MR) is 121 cm³/mol. The van der Waals surface area contributed by atoms with Crippen LogP contribution in [0.2, 0.25) is 0 Å². The number of ether oxygens (including phenoxy) is 1. The second kappa shape index (κ2) is 9.82. The number of imide groups is 1. The average molecular weight is 442 g/mol. The molecule has 2 amide bonds. The molecule has 33 heavy (non-hydrogen) atoms. The molecule has 164 valence electrons. The SMILES string of the molecule is O=C(COC(=O)c1cc(-c2ccc(F)cc2)nc2ccccc12)NC(=O)Cc1ccccc1. The van der Waals surface area contributed by atoms with E-state index < -0.39 is 24.4 Å². The average Bonchev–Trinajstić information content (AvgIpc) is 2.83. The molecule has 0 bridgehead atoms. The van der Waals surface area contributed by atoms with E-state index >= 15 is 0 Å². The first-order valence-corrected chi connectivity index (χ1v) is 10.2. The minimum atomic E-state index is -0.734. The molecule has 1 heterocycles. The molecule has 0 saturated heterocycles. The predicted octanol–water partition coefficient (Wildman–Crippen LogP) is 4.08. The smallest absolute Gasteiger partial charge is 0.339 e. The van der Waals surface area contributed by atoms with E-state index in [9.17, 15) is 18.8 Å². The maximum Gasteiger partial charge on any atom is 0.339 e. The van der Waals surface area contributed by atoms with Crippen molar-refractivity contribution in [2.45, 2.75) is 6.42 Å². The summed E-state index contributed by atoms with van der Waals surface area (Å²) in [4.78, 5) is 41.5. The van der Waals surface area contributed by atoms with Crippen LogP contribution in [0.4, 0.5) is 4.39 Å². The maximum atomic E-state index is 13.3. The number of halogens is 1. The topological polar surface area (TPSA) is 85.4 Å². The number of fused-ring (bicyclic) bond motifs is 1. The quantitative estimate of drug-likeness (QED) is 0.455. The molecule has 1 aromatic heterocycles. The first kappa shape index (κ1) is 21.8. The first-order chi connectivity index (χ1) is 16.0. The highest BCUT2D eigenvalue weighted by Gasteiger charge is 2.17. The molecule has 4 aromatic rings. The summed E-state index contributed by atoms with van der Waals surface area (Å²) >= 11 is 0. The maximum absolute atomic E-state index is 13.3. The number of rotatable bonds is 6. The number of amides is 2. The molecule has 7 heteroatoms. The number of hydrogen-bond acceptors (Lipinski definition) is 5. The lowest BCUT2D eigenvalue weighted by Crippen LogP contribution is -2.35. The van der Waals surface area contributed by atoms with Gasteiger partial charge in [0, 0.05) is 10.9 Å². The molecule has 0 radical (unpaired) electrons. The van der Waals surface area contributed by atoms with Crippen LogP contribution >= 0.6 is 0 Å². The fourth-order valence-corrected chi connectivity index (χ4v) is 3.34. The Labute approximate surface area is 189 Å². The first-order valence-electron chi connectivity index (χ1n) is 10.2. The van der Waals surface area contributed by atoms with E-state index in [2.05, 4.69) is 10.3 Å². The van der Waals surface area contributed by atoms with Crippen molar-refractivity contribution in [3.8, 4) is 11.3 Å². The van der Waals surface area contributed by atoms with Gasteiger partial charge in [0.25, 0.3) is 5.91 Å². The number of aromatic nitrogens is 1. The summed E-state index contributed by atoms with van der Waals surface area (Å²) in [6, 6.07) is 23.3. The molecule has 0 saturated carbocycles. The fourth-order valence-electron chi connectivity index (χ4n) is 3.34. The fraction of sp³-hybridized carbons (Fsp3) is 0.0769. The van der Waals surface area contributed by atoms with Gasteiger partial charge in [-0.05, 0) is 42.0 Å². The monoisotopic (exact) mass is 442 g/mol. The number of carbonyl (C=O) groups excluding carboxylic acids is 3. The van der Waals surface area contributed by atoms with Crippen molar-refractivity contribution in [3.05, 3.63) is 102 Å². The van der Waals surface area contributed by atoms with Crippen LogP contribution in [0.15, 0.2) is 84.9 Å². The molecule has 3 aromatic carbocycles. The lowest BCUT2D eigenvalue weighted by molar-refractivity contribution is -0.132. The highest BCUT2D eigenvalue weighted by atomic mass is 19.1. The number of hydrogen-bond donors (Lipinski definition) is 1. The molecule has 6 nitrogen and oxygen atoms in total. The Morgan fingerprint density at radius 2 is 1.55 bits per heavy atom. The second-order valence-electron chi connectivity index (χ2n) is 7.29. The number of para-hydroxylation sites is 1. The van der Waals surface area contributed by atoms with E-state index in [0.717, 1.165) is 5.56 Å². The third kappa shape index (κ3) is 5.46. The summed E-state index contributed by atoms with van der Waals surface area (Å²) < 4.78 is 18.5. The summed E-state index contributed by atoms with van der Waals surface area (Å²) in [6.45, 7) is -0.609. The Bertz CT molecular complexity index is 1320. The van der Waals surface area contributed by atoms with Gasteiger partial charge in [-0.1, -0.05) is 48.5 Å². The second-order valence-corrected chi connectivity index (χ2v) is 7.29. The van der Waals surface area contributed by atoms with E-state index in [1.54, 1.807) is 60.7 Å². The molecule has 0 fully saturated rings. The molecule has 0 aliphatic heterocycles. The minimum Gasteiger partial charge on any atom is -0.452 e. The Kier molecular flexibility index (Phi) is 6.50. The molecule has 0 unspecified atom stereocenters. The van der Waals surface area contributed by atoms with E-state index in [1.165, 1.54) is 18.2 Å². The van der Waals surface area contributed by atoms with E-state index in [-0.39, 0.29) is 17.8 Å². The van der Waals surface area contributed by atoms with E-state index in [0.29, 0.717) is 22.2 Å². The summed E-state index contributed by atoms with van der Waals surface area (Å²) in [5.41, 5.74) is 2.61. The summed E-state index contributed by atoms with van der Waals surface area (Å²) in [7, 11) is 0. The Morgan fingerprint density at radius 3 is 2.30 bits per heavy atom. The lowest BCUT2D eigenvalue weighted by Gasteiger charge is -2.10. The third-order valence-electron chi connectivity index (χ3n) is 4.90. The Hall–Kier alpha value is -4.39. The summed E-state index contributed by atoms with van der Waals surface area (Å²) in [5, 5.41) is 2.76. The molecule has 0 atom stereocenters. The third-order valence-corrected chi connectivity index (χ3v) is 4.90. The van der Waals surface area contributed by atoms with Crippen molar-refractivity contribution in [1.82, 2.24) is 10.3 Å². The van der Waals surface area contributed by atoms with Gasteiger partial charge in [0.2, 0.25) is 5.91 Å². The van der Waals surface area contributed by atoms with Gasteiger partial charge in [0.05, 0.1) is 23.2 Å². The van der Waals surface area contributed by atoms with Gasteiger partial charge in [-0.25, -0.2) is 14.2 Å². The van der Waals surface area contributed by atoms with Crippen LogP contribution in [0.3, 0.4) is 0 Å². The van der Waals surface area contributed by atoms with Crippen LogP contribution in [0, 0.1) is 5.82 Å². The number of esters is 1. The number of pyridine rings is 1. The van der Waals surface area contributed by atoms with Crippen LogP contribution in [0.5, 0.6) is 0 Å². The summed E-state index contributed by atoms with van der Waals surface area (Å²) in [6.07, 6.45) is 0.0382. The van der Waals surface area contributed by atoms with Gasteiger partial charge in [0.15, 0.2) is 6.61 Å². The molecule has 0 spiro atoms. The van der Waals surface area contributed by atoms with Crippen molar-refractivity contribution in [3.63, 3.8) is 0 Å². The lowest BCUT2D eigenvalue weighted by atomic mass is 10.0. The zero-order valence-electron chi connectivity index (χ0n) is 17.5. The zero-order valence-corrected chi connectivity index (χ0v) is 17.5. The Morgan fingerprint density at radius 1 is 0.848 bits per heavy atom. The molecule has 0 aliphatic rings. The van der Waals surface area contributed by atoms with Crippen molar-refractivity contribution in [2.24, 2.45) is 0 Å². The number of nitrogens with zero attached hydrogens (tertiary/aromatic N) is 1. The van der Waals surface area contributed by atoms with Gasteiger partial charge in [-0.2, -0.15) is 0 Å². The van der Waals surface area contributed by atoms with Crippen molar-refractivity contribution < 1.29 is 23.5 Å². The largest absolute Gasteiger partial charge is 0.452 e. The highest BCUT2D eigenvalue weighted by molar-refractivity contribution is 6.05. The van der Waals surface area contributed by atoms with Crippen LogP contribution in [-0.4, -0.2) is 29.4 Å². The van der Waals surface area contributed by atoms with Crippen molar-refractivity contribution in [1.29, 1.82) is 0 Å². The van der Waals surface area contributed by atoms with Gasteiger partial charge in [0.1, 0.15) is 5.82 Å². The van der Waals surface area contributed by atoms with Gasteiger partial charge in [-0.3, -0.25) is 14.9 Å². The summed E-state index contributed by atoms with van der Waals surface area (Å²) in [5.74, 6) is -2.33. The number of carbonyl (C=O) groups is 3. The van der Waals surface area contributed by atoms with Gasteiger partial charge < -0.3 is 4.74 Å². The van der Waals surface area contributed by atoms with Gasteiger partial charge >= 0.3 is 5.97 Å². The van der Waals surface area contributed by atoms with Crippen molar-refractivity contribution in [2.75, 3.05) is 6.61 Å². The molecular weight excluding hydrogens is 423 g/mol. The van der Waals surface area contributed by atoms with E-state index in [1.807, 2.05) is 6.07 Å². The molecule has 1 N–H and O–H groups in total. The molecule has 0 aliphatic carbocycles. The van der Waals surface area contributed by atoms with Crippen LogP contribution < -0.4 is 5.32 Å². The van der Waals surface area contributed by atoms with Gasteiger partial charge in [-0.15, -0.1) is 0 Å². The number of nitrogens with one attached hydrogen (secondary N) is 1. The molecule has 4 rings (SSSR count). The van der Waals surface area contributed by atoms with E-state index in [4.69, 9.17) is 4.74 Å². The minimum absolute atomic E-state index is 0.0382.